The van der Waals surface area contributed by atoms with Gasteiger partial charge in [0.2, 0.25) is 0 Å². The molecule has 0 bridgehead atoms. The van der Waals surface area contributed by atoms with E-state index in [0.29, 0.717) is 12.6 Å². The van der Waals surface area contributed by atoms with E-state index < -0.39 is 8.80 Å². The monoisotopic (exact) mass is 290 g/mol. The molecule has 0 rings (SSSR count). The summed E-state index contributed by atoms with van der Waals surface area (Å²) in [5.41, 5.74) is 0. The van der Waals surface area contributed by atoms with Crippen LogP contribution in [-0.4, -0.2) is 40.1 Å². The molecule has 0 saturated carbocycles. The lowest BCUT2D eigenvalue weighted by Crippen LogP contribution is -2.50. The van der Waals surface area contributed by atoms with Gasteiger partial charge >= 0.3 is 15.2 Å². The van der Waals surface area contributed by atoms with Crippen LogP contribution in [0, 0.1) is 0 Å². The maximum Gasteiger partial charge on any atom is 0.501 e. The molecule has 113 valence electrons. The van der Waals surface area contributed by atoms with Crippen molar-refractivity contribution in [3.05, 3.63) is 0 Å². The minimum Gasteiger partial charge on any atom is -0.371 e. The van der Waals surface area contributed by atoms with Gasteiger partial charge in [-0.05, 0) is 48.0 Å². The number of rotatable bonds is 11. The van der Waals surface area contributed by atoms with Crippen molar-refractivity contribution in [2.24, 2.45) is 0 Å². The van der Waals surface area contributed by atoms with Gasteiger partial charge in [-0.2, -0.15) is 0 Å². The molecule has 1 amide bonds. The summed E-state index contributed by atoms with van der Waals surface area (Å²) in [5, 5.41) is 2.53. The van der Waals surface area contributed by atoms with Crippen LogP contribution in [0.1, 0.15) is 48.0 Å². The highest BCUT2D eigenvalue weighted by Gasteiger charge is 2.43. The second-order valence-electron chi connectivity index (χ2n) is 5.32. The lowest BCUT2D eigenvalue weighted by molar-refractivity contribution is 0.00295. The lowest BCUT2D eigenvalue weighted by Gasteiger charge is -2.34. The molecular weight excluding hydrogens is 262 g/mol. The molecule has 0 aliphatic heterocycles. The molecule has 0 saturated heterocycles. The Kier molecular flexibility index (Phi) is 9.25. The number of nitrogens with one attached hydrogen (secondary N) is 1. The zero-order valence-electron chi connectivity index (χ0n) is 13.0. The van der Waals surface area contributed by atoms with Crippen molar-refractivity contribution in [3.63, 3.8) is 0 Å². The van der Waals surface area contributed by atoms with Gasteiger partial charge in [0.1, 0.15) is 0 Å². The van der Waals surface area contributed by atoms with Gasteiger partial charge in [0, 0.05) is 30.9 Å². The Hall–Kier alpha value is -0.433. The second kappa shape index (κ2) is 9.47. The van der Waals surface area contributed by atoms with Crippen LogP contribution >= 0.6 is 0 Å². The Morgan fingerprint density at radius 1 is 0.947 bits per heavy atom. The Morgan fingerprint density at radius 2 is 1.37 bits per heavy atom. The van der Waals surface area contributed by atoms with Crippen molar-refractivity contribution in [1.82, 2.24) is 5.32 Å². The van der Waals surface area contributed by atoms with Crippen molar-refractivity contribution < 1.29 is 18.1 Å². The summed E-state index contributed by atoms with van der Waals surface area (Å²) >= 11 is 0. The van der Waals surface area contributed by atoms with Crippen molar-refractivity contribution >= 4 is 15.2 Å². The van der Waals surface area contributed by atoms with Crippen LogP contribution in [0.2, 0.25) is 6.04 Å². The third-order valence-electron chi connectivity index (χ3n) is 2.10. The molecule has 0 heterocycles. The SMILES string of the molecule is CC(C)O[Si](CCCN[C]=O)(OC(C)C)OC(C)C. The zero-order chi connectivity index (χ0) is 14.9. The largest absolute Gasteiger partial charge is 0.501 e. The summed E-state index contributed by atoms with van der Waals surface area (Å²) in [6, 6.07) is 0.691. The Bertz CT molecular complexity index is 220. The third kappa shape index (κ3) is 9.15. The molecule has 6 heteroatoms. The highest BCUT2D eigenvalue weighted by Crippen LogP contribution is 2.23. The summed E-state index contributed by atoms with van der Waals surface area (Å²) in [4.78, 5) is 10.1. The predicted molar refractivity (Wildman–Crippen MR) is 77.5 cm³/mol. The molecular formula is C13H28NO4Si. The molecule has 1 N–H and O–H groups in total. The van der Waals surface area contributed by atoms with E-state index in [2.05, 4.69) is 5.32 Å². The number of hydrogen-bond donors (Lipinski definition) is 1. The minimum absolute atomic E-state index is 0.0507. The fraction of sp³-hybridized carbons (Fsp3) is 0.923. The second-order valence-corrected chi connectivity index (χ2v) is 7.89. The fourth-order valence-corrected chi connectivity index (χ4v) is 5.07. The number of carbonyl (C=O) groups excluding carboxylic acids is 1. The first kappa shape index (κ1) is 18.6. The molecule has 0 aromatic carbocycles. The van der Waals surface area contributed by atoms with Crippen molar-refractivity contribution in [1.29, 1.82) is 0 Å². The first-order valence-corrected chi connectivity index (χ1v) is 8.88. The van der Waals surface area contributed by atoms with Gasteiger partial charge in [-0.3, -0.25) is 4.79 Å². The van der Waals surface area contributed by atoms with Crippen LogP contribution < -0.4 is 5.32 Å². The lowest BCUT2D eigenvalue weighted by atomic mass is 10.5. The predicted octanol–water partition coefficient (Wildman–Crippen LogP) is 2.25. The number of hydrogen-bond acceptors (Lipinski definition) is 4. The smallest absolute Gasteiger partial charge is 0.371 e. The normalized spacial score (nSPS) is 12.5. The maximum absolute atomic E-state index is 10.1. The van der Waals surface area contributed by atoms with Crippen LogP contribution in [0.5, 0.6) is 0 Å². The van der Waals surface area contributed by atoms with Crippen LogP contribution in [-0.2, 0) is 18.1 Å². The molecule has 0 aromatic rings. The van der Waals surface area contributed by atoms with Gasteiger partial charge < -0.3 is 18.6 Å². The molecule has 0 aliphatic carbocycles. The van der Waals surface area contributed by atoms with E-state index in [1.807, 2.05) is 41.5 Å². The quantitative estimate of drug-likeness (QED) is 0.360. The van der Waals surface area contributed by atoms with E-state index in [9.17, 15) is 4.79 Å². The highest BCUT2D eigenvalue weighted by molar-refractivity contribution is 6.60. The van der Waals surface area contributed by atoms with Gasteiger partial charge in [0.05, 0.1) is 0 Å². The van der Waals surface area contributed by atoms with E-state index in [0.717, 1.165) is 6.42 Å². The molecule has 0 atom stereocenters. The molecule has 0 spiro atoms. The molecule has 0 aliphatic rings. The van der Waals surface area contributed by atoms with Gasteiger partial charge in [-0.1, -0.05) is 0 Å². The Balaban J connectivity index is 4.72. The topological polar surface area (TPSA) is 56.8 Å². The van der Waals surface area contributed by atoms with E-state index >= 15 is 0 Å². The average molecular weight is 290 g/mol. The maximum atomic E-state index is 10.1. The molecule has 0 fully saturated rings. The summed E-state index contributed by atoms with van der Waals surface area (Å²) in [6.07, 6.45) is 2.58. The first-order valence-electron chi connectivity index (χ1n) is 6.94. The van der Waals surface area contributed by atoms with Crippen molar-refractivity contribution in [2.75, 3.05) is 6.54 Å². The van der Waals surface area contributed by atoms with Crippen LogP contribution in [0.15, 0.2) is 0 Å². The van der Waals surface area contributed by atoms with E-state index in [1.165, 1.54) is 0 Å². The average Bonchev–Trinajstić information content (AvgIpc) is 2.21. The van der Waals surface area contributed by atoms with Crippen molar-refractivity contribution in [3.8, 4) is 0 Å². The molecule has 1 radical (unpaired) electrons. The van der Waals surface area contributed by atoms with E-state index in [4.69, 9.17) is 13.3 Å². The summed E-state index contributed by atoms with van der Waals surface area (Å²) < 4.78 is 18.0. The van der Waals surface area contributed by atoms with Gasteiger partial charge in [0.25, 0.3) is 0 Å². The first-order chi connectivity index (χ1) is 8.81. The van der Waals surface area contributed by atoms with Gasteiger partial charge in [-0.15, -0.1) is 0 Å². The zero-order valence-corrected chi connectivity index (χ0v) is 14.0. The molecule has 5 nitrogen and oxygen atoms in total. The Labute approximate surface area is 118 Å². The highest BCUT2D eigenvalue weighted by atomic mass is 28.4. The summed E-state index contributed by atoms with van der Waals surface area (Å²) in [5.74, 6) is 0. The standard InChI is InChI=1S/C13H28NO4Si/c1-11(2)16-19(17-12(3)4,18-13(5)6)9-7-8-14-10-15/h11-13H,7-9H2,1-6H3,(H,14,15). The summed E-state index contributed by atoms with van der Waals surface area (Å²) in [7, 11) is -2.70. The molecule has 0 unspecified atom stereocenters. The van der Waals surface area contributed by atoms with Crippen LogP contribution in [0.3, 0.4) is 0 Å². The van der Waals surface area contributed by atoms with Crippen molar-refractivity contribution in [2.45, 2.75) is 72.3 Å². The summed E-state index contributed by atoms with van der Waals surface area (Å²) in [6.45, 7) is 12.4. The van der Waals surface area contributed by atoms with E-state index in [1.54, 1.807) is 6.41 Å². The molecule has 0 aromatic heterocycles. The fourth-order valence-electron chi connectivity index (χ4n) is 1.78. The minimum atomic E-state index is -2.70. The van der Waals surface area contributed by atoms with Gasteiger partial charge in [-0.25, -0.2) is 0 Å². The Morgan fingerprint density at radius 3 is 1.68 bits per heavy atom. The number of amides is 1. The molecule has 19 heavy (non-hydrogen) atoms. The van der Waals surface area contributed by atoms with Crippen LogP contribution in [0.25, 0.3) is 0 Å². The van der Waals surface area contributed by atoms with Gasteiger partial charge in [0.15, 0.2) is 0 Å². The third-order valence-corrected chi connectivity index (χ3v) is 5.56. The van der Waals surface area contributed by atoms with Crippen LogP contribution in [0.4, 0.5) is 0 Å². The van der Waals surface area contributed by atoms with E-state index in [-0.39, 0.29) is 18.3 Å².